The van der Waals surface area contributed by atoms with Gasteiger partial charge in [0.25, 0.3) is 11.6 Å². The molecule has 0 atom stereocenters. The molecule has 6 nitrogen and oxygen atoms in total. The van der Waals surface area contributed by atoms with Crippen molar-refractivity contribution in [1.29, 1.82) is 0 Å². The molecular weight excluding hydrogens is 1000 g/mol. The summed E-state index contributed by atoms with van der Waals surface area (Å²) < 4.78 is 0. The van der Waals surface area contributed by atoms with Gasteiger partial charge in [-0.15, -0.1) is 0 Å². The van der Waals surface area contributed by atoms with Crippen molar-refractivity contribution in [3.8, 4) is 44.5 Å². The van der Waals surface area contributed by atoms with Gasteiger partial charge < -0.3 is 9.97 Å². The molecular formula is C76H92N4O2. The summed E-state index contributed by atoms with van der Waals surface area (Å²) in [4.78, 5) is 50.3. The molecule has 0 spiro atoms. The number of benzene rings is 4. The van der Waals surface area contributed by atoms with Gasteiger partial charge in [-0.25, -0.2) is 9.97 Å². The lowest BCUT2D eigenvalue weighted by Gasteiger charge is -2.26. The molecule has 82 heavy (non-hydrogen) atoms. The Kier molecular flexibility index (Phi) is 14.5. The molecule has 9 rings (SSSR count). The van der Waals surface area contributed by atoms with E-state index in [4.69, 9.17) is 9.97 Å². The summed E-state index contributed by atoms with van der Waals surface area (Å²) in [6, 6.07) is 35.8. The van der Waals surface area contributed by atoms with Gasteiger partial charge in [0.2, 0.25) is 0 Å². The Balaban J connectivity index is 1.60. The quantitative estimate of drug-likeness (QED) is 0.172. The highest BCUT2D eigenvalue weighted by atomic mass is 16.2. The Morgan fingerprint density at radius 2 is 0.463 bits per heavy atom. The molecule has 0 saturated heterocycles. The molecule has 2 N–H and O–H groups in total. The van der Waals surface area contributed by atoms with E-state index in [1.54, 1.807) is 0 Å². The van der Waals surface area contributed by atoms with Gasteiger partial charge in [-0.1, -0.05) is 239 Å². The normalized spacial score (nSPS) is 14.1. The van der Waals surface area contributed by atoms with Gasteiger partial charge in [0.1, 0.15) is 11.4 Å². The Bertz CT molecular complexity index is 3580. The molecule has 8 bridgehead atoms. The van der Waals surface area contributed by atoms with Crippen LogP contribution < -0.4 is 0 Å². The van der Waals surface area contributed by atoms with E-state index in [1.807, 2.05) is 0 Å². The zero-order valence-electron chi connectivity index (χ0n) is 54.1. The fourth-order valence-electron chi connectivity index (χ4n) is 11.1. The van der Waals surface area contributed by atoms with Gasteiger partial charge in [0.15, 0.2) is 0 Å². The molecule has 2 aliphatic heterocycles. The second-order valence-electron chi connectivity index (χ2n) is 32.0. The minimum Gasteiger partial charge on any atom is -0.354 e. The number of nitrogens with zero attached hydrogens (tertiary/aromatic N) is 2. The van der Waals surface area contributed by atoms with E-state index >= 15 is 9.59 Å². The highest BCUT2D eigenvalue weighted by molar-refractivity contribution is 6.52. The van der Waals surface area contributed by atoms with Crippen LogP contribution in [0.25, 0.3) is 78.7 Å². The van der Waals surface area contributed by atoms with Gasteiger partial charge in [-0.05, 0) is 146 Å². The fourth-order valence-corrected chi connectivity index (χ4v) is 11.1. The second kappa shape index (κ2) is 19.9. The Morgan fingerprint density at radius 3 is 0.671 bits per heavy atom. The average molecular weight is 1090 g/mol. The molecule has 428 valence electrons. The molecule has 0 fully saturated rings. The molecule has 0 radical (unpaired) electrons. The number of aromatic nitrogens is 4. The second-order valence-corrected chi connectivity index (χ2v) is 32.0. The summed E-state index contributed by atoms with van der Waals surface area (Å²) in [5, 5.41) is 0. The van der Waals surface area contributed by atoms with E-state index < -0.39 is 11.6 Å². The van der Waals surface area contributed by atoms with Gasteiger partial charge in [0.05, 0.1) is 11.4 Å². The zero-order valence-corrected chi connectivity index (χ0v) is 54.1. The lowest BCUT2D eigenvalue weighted by Crippen LogP contribution is -2.17. The zero-order chi connectivity index (χ0) is 60.6. The first-order valence-electron chi connectivity index (χ1n) is 29.7. The Labute approximate surface area is 491 Å². The molecule has 7 aromatic rings. The first-order chi connectivity index (χ1) is 37.5. The van der Waals surface area contributed by atoms with E-state index in [9.17, 15) is 0 Å². The van der Waals surface area contributed by atoms with Crippen LogP contribution >= 0.6 is 0 Å². The fraction of sp³-hybridized carbons (Fsp3) is 0.421. The summed E-state index contributed by atoms with van der Waals surface area (Å²) in [5.41, 5.74) is 19.2. The highest BCUT2D eigenvalue weighted by Gasteiger charge is 2.36. The van der Waals surface area contributed by atoms with Gasteiger partial charge in [0, 0.05) is 44.3 Å². The predicted octanol–water partition coefficient (Wildman–Crippen LogP) is 20.6. The highest BCUT2D eigenvalue weighted by Crippen LogP contribution is 2.45. The number of fused-ring (bicyclic) bond motifs is 8. The van der Waals surface area contributed by atoms with Crippen molar-refractivity contribution < 1.29 is 9.59 Å². The summed E-state index contributed by atoms with van der Waals surface area (Å²) in [7, 11) is 0. The number of carbonyl (C=O) groups excluding carboxylic acids is 2. The first kappa shape index (κ1) is 59.7. The van der Waals surface area contributed by atoms with Crippen molar-refractivity contribution in [2.75, 3.05) is 0 Å². The van der Waals surface area contributed by atoms with Gasteiger partial charge in [-0.2, -0.15) is 0 Å². The molecule has 4 aromatic carbocycles. The number of nitrogens with one attached hydrogen (secondary N) is 2. The predicted molar refractivity (Wildman–Crippen MR) is 350 cm³/mol. The number of carbonyl (C=O) groups is 2. The minimum absolute atomic E-state index is 0.111. The number of H-pyrrole nitrogens is 2. The smallest absolute Gasteiger partial charge is 0.254 e. The standard InChI is InChI=1S/C76H92N4O2/c1-69(2,3)47-31-43(32-48(39-47)70(4,5)6)61-55-25-26-56(77-55)62(44-33-49(71(7,8)9)40-50(34-44)72(10,11)12)58-28-30-60(79-58)64(46-37-53(75(19,20)21)42-54(38-46)76(22,23)24)66-68(82)67(81)65(80-66)63(59-29-27-57(61)78-59)45-35-51(73(13,14)15)41-52(36-45)74(16,17)18/h25-42,78-79H,1-24H3. The van der Waals surface area contributed by atoms with Crippen LogP contribution in [0.15, 0.2) is 97.1 Å². The molecule has 2 aliphatic rings. The topological polar surface area (TPSA) is 91.5 Å². The van der Waals surface area contributed by atoms with E-state index in [0.717, 1.165) is 78.1 Å². The summed E-state index contributed by atoms with van der Waals surface area (Å²) in [5.74, 6) is -1.29. The number of rotatable bonds is 4. The molecule has 0 aliphatic carbocycles. The lowest BCUT2D eigenvalue weighted by molar-refractivity contribution is 0.0826. The van der Waals surface area contributed by atoms with Crippen molar-refractivity contribution in [3.05, 3.63) is 164 Å². The number of hydrogen-bond donors (Lipinski definition) is 2. The maximum Gasteiger partial charge on any atom is 0.254 e. The largest absolute Gasteiger partial charge is 0.354 e. The number of Topliss-reactive ketones (excluding diaryl/α,β-unsaturated/α-hetero) is 2. The SMILES string of the molecule is CC(C)(C)c1cc(-c2c3nc(c(-c4cc(C(C)(C)C)cc(C(C)(C)C)c4)c4ccc([nH]4)c(-c4cc(C(C)(C)C)cc(C(C)(C)C)c4)c4nc(c(-c5cc(C(C)(C)C)cc(C(C)(C)C)c5)c5ccc2[nH]5)C(=O)C4=O)C=C3)cc(C(C)(C)C)c1. The summed E-state index contributed by atoms with van der Waals surface area (Å²) in [6.07, 6.45) is 4.35. The molecule has 3 aromatic heterocycles. The van der Waals surface area contributed by atoms with E-state index in [1.165, 1.54) is 22.3 Å². The maximum absolute atomic E-state index is 15.6. The van der Waals surface area contributed by atoms with Crippen LogP contribution in [-0.4, -0.2) is 31.5 Å². The first-order valence-corrected chi connectivity index (χ1v) is 29.7. The minimum atomic E-state index is -0.643. The van der Waals surface area contributed by atoms with Gasteiger partial charge in [-0.3, -0.25) is 9.59 Å². The number of hydrogen-bond acceptors (Lipinski definition) is 4. The third kappa shape index (κ3) is 11.7. The van der Waals surface area contributed by atoms with Crippen molar-refractivity contribution in [1.82, 2.24) is 19.9 Å². The van der Waals surface area contributed by atoms with Crippen molar-refractivity contribution in [3.63, 3.8) is 0 Å². The van der Waals surface area contributed by atoms with Crippen molar-refractivity contribution in [2.24, 2.45) is 0 Å². The van der Waals surface area contributed by atoms with Crippen LogP contribution in [0.4, 0.5) is 0 Å². The summed E-state index contributed by atoms with van der Waals surface area (Å²) in [6.45, 7) is 53.9. The van der Waals surface area contributed by atoms with Gasteiger partial charge >= 0.3 is 0 Å². The van der Waals surface area contributed by atoms with Crippen molar-refractivity contribution >= 4 is 45.8 Å². The Hall–Kier alpha value is -6.92. The van der Waals surface area contributed by atoms with Crippen molar-refractivity contribution in [2.45, 2.75) is 209 Å². The molecule has 5 heterocycles. The van der Waals surface area contributed by atoms with Crippen LogP contribution in [0, 0.1) is 0 Å². The van der Waals surface area contributed by atoms with Crippen LogP contribution in [0.1, 0.15) is 243 Å². The lowest BCUT2D eigenvalue weighted by atomic mass is 9.78. The maximum atomic E-state index is 15.6. The van der Waals surface area contributed by atoms with Crippen LogP contribution in [0.3, 0.4) is 0 Å². The molecule has 0 saturated carbocycles. The van der Waals surface area contributed by atoms with E-state index in [0.29, 0.717) is 22.2 Å². The number of ketones is 2. The third-order valence-corrected chi connectivity index (χ3v) is 16.8. The molecule has 0 unspecified atom stereocenters. The van der Waals surface area contributed by atoms with E-state index in [2.05, 4.69) is 285 Å². The Morgan fingerprint density at radius 1 is 0.268 bits per heavy atom. The monoisotopic (exact) mass is 1090 g/mol. The number of aromatic amines is 2. The molecule has 0 amide bonds. The van der Waals surface area contributed by atoms with Crippen LogP contribution in [0.5, 0.6) is 0 Å². The van der Waals surface area contributed by atoms with Crippen LogP contribution in [-0.2, 0) is 43.3 Å². The third-order valence-electron chi connectivity index (χ3n) is 16.8. The van der Waals surface area contributed by atoms with Crippen LogP contribution in [0.2, 0.25) is 0 Å². The average Bonchev–Trinajstić information content (AvgIpc) is 3.32. The molecule has 6 heteroatoms. The summed E-state index contributed by atoms with van der Waals surface area (Å²) >= 11 is 0. The van der Waals surface area contributed by atoms with E-state index in [-0.39, 0.29) is 54.7 Å².